The van der Waals surface area contributed by atoms with Gasteiger partial charge in [-0.1, -0.05) is 13.3 Å². The molecule has 144 valence electrons. The normalized spacial score (nSPS) is 12.0. The van der Waals surface area contributed by atoms with Crippen LogP contribution in [-0.2, 0) is 22.3 Å². The molecule has 9 heteroatoms. The number of benzene rings is 1. The number of carbonyl (C=O) groups is 1. The number of fused-ring (bicyclic) bond motifs is 3. The third kappa shape index (κ3) is 3.54. The van der Waals surface area contributed by atoms with Crippen LogP contribution in [0.5, 0.6) is 0 Å². The van der Waals surface area contributed by atoms with Crippen LogP contribution in [0.25, 0.3) is 21.9 Å². The monoisotopic (exact) mass is 380 g/mol. The van der Waals surface area contributed by atoms with Crippen LogP contribution >= 0.6 is 0 Å². The third-order valence-corrected chi connectivity index (χ3v) is 4.33. The highest BCUT2D eigenvalue weighted by molar-refractivity contribution is 6.12. The first-order valence-electron chi connectivity index (χ1n) is 8.49. The van der Waals surface area contributed by atoms with Crippen molar-refractivity contribution in [3.63, 3.8) is 0 Å². The van der Waals surface area contributed by atoms with E-state index in [-0.39, 0.29) is 17.7 Å². The lowest BCUT2D eigenvalue weighted by atomic mass is 10.1. The third-order valence-electron chi connectivity index (χ3n) is 4.33. The summed E-state index contributed by atoms with van der Waals surface area (Å²) in [7, 11) is 0. The standard InChI is InChI=1S/C18H19F3N4O2/c1-3-4-5-27-13(26)8-25-15-10(2)6-11(18(19,20)21)7-12(15)14-16(22)23-9-24-17(14)25/h6-7,9H,3-5,8H2,1-2H3,(H2,22,23,24). The average molecular weight is 380 g/mol. The van der Waals surface area contributed by atoms with E-state index in [0.29, 0.717) is 28.7 Å². The van der Waals surface area contributed by atoms with Gasteiger partial charge in [0, 0.05) is 5.39 Å². The minimum Gasteiger partial charge on any atom is -0.464 e. The second-order valence-corrected chi connectivity index (χ2v) is 6.30. The lowest BCUT2D eigenvalue weighted by Gasteiger charge is -2.11. The zero-order valence-electron chi connectivity index (χ0n) is 14.9. The van der Waals surface area contributed by atoms with Crippen LogP contribution in [0.3, 0.4) is 0 Å². The molecule has 0 saturated carbocycles. The van der Waals surface area contributed by atoms with Gasteiger partial charge in [0.05, 0.1) is 23.1 Å². The molecular formula is C18H19F3N4O2. The van der Waals surface area contributed by atoms with Gasteiger partial charge in [0.2, 0.25) is 0 Å². The summed E-state index contributed by atoms with van der Waals surface area (Å²) < 4.78 is 46.5. The van der Waals surface area contributed by atoms with E-state index in [0.717, 1.165) is 25.0 Å². The molecule has 3 aromatic rings. The molecule has 2 heterocycles. The Bertz CT molecular complexity index is 1010. The molecule has 0 unspecified atom stereocenters. The molecule has 0 aliphatic heterocycles. The van der Waals surface area contributed by atoms with Crippen molar-refractivity contribution in [2.24, 2.45) is 0 Å². The summed E-state index contributed by atoms with van der Waals surface area (Å²) in [4.78, 5) is 20.2. The van der Waals surface area contributed by atoms with Gasteiger partial charge in [-0.2, -0.15) is 13.2 Å². The Hall–Kier alpha value is -2.84. The number of ether oxygens (including phenoxy) is 1. The number of halogens is 3. The number of nitrogen functional groups attached to an aromatic ring is 1. The first kappa shape index (κ1) is 18.9. The maximum Gasteiger partial charge on any atom is 0.416 e. The number of hydrogen-bond donors (Lipinski definition) is 1. The summed E-state index contributed by atoms with van der Waals surface area (Å²) in [5.41, 5.74) is 6.24. The summed E-state index contributed by atoms with van der Waals surface area (Å²) in [6, 6.07) is 2.06. The molecule has 0 spiro atoms. The Labute approximate surface area is 153 Å². The molecule has 0 aliphatic rings. The van der Waals surface area contributed by atoms with Gasteiger partial charge in [0.25, 0.3) is 0 Å². The van der Waals surface area contributed by atoms with Crippen molar-refractivity contribution in [1.82, 2.24) is 14.5 Å². The Kier molecular flexibility index (Phi) is 4.95. The van der Waals surface area contributed by atoms with Crippen molar-refractivity contribution in [2.75, 3.05) is 12.3 Å². The van der Waals surface area contributed by atoms with E-state index in [1.54, 1.807) is 6.92 Å². The number of aryl methyl sites for hydroxylation is 1. The number of nitrogens with two attached hydrogens (primary N) is 1. The number of carbonyl (C=O) groups excluding carboxylic acids is 1. The van der Waals surface area contributed by atoms with Gasteiger partial charge in [-0.3, -0.25) is 4.79 Å². The molecule has 6 nitrogen and oxygen atoms in total. The number of esters is 1. The average Bonchev–Trinajstić information content (AvgIpc) is 2.90. The summed E-state index contributed by atoms with van der Waals surface area (Å²) >= 11 is 0. The number of aromatic nitrogens is 3. The zero-order valence-corrected chi connectivity index (χ0v) is 14.9. The Morgan fingerprint density at radius 3 is 2.70 bits per heavy atom. The maximum absolute atomic E-state index is 13.2. The zero-order chi connectivity index (χ0) is 19.8. The summed E-state index contributed by atoms with van der Waals surface area (Å²) in [5, 5.41) is 0.555. The van der Waals surface area contributed by atoms with Crippen LogP contribution in [-0.4, -0.2) is 27.1 Å². The van der Waals surface area contributed by atoms with E-state index in [9.17, 15) is 18.0 Å². The van der Waals surface area contributed by atoms with E-state index in [4.69, 9.17) is 10.5 Å². The van der Waals surface area contributed by atoms with Crippen LogP contribution in [0, 0.1) is 6.92 Å². The molecular weight excluding hydrogens is 361 g/mol. The summed E-state index contributed by atoms with van der Waals surface area (Å²) in [6.07, 6.45) is -1.67. The molecule has 3 rings (SSSR count). The first-order chi connectivity index (χ1) is 12.7. The largest absolute Gasteiger partial charge is 0.464 e. The molecule has 0 fully saturated rings. The fourth-order valence-electron chi connectivity index (χ4n) is 3.11. The fourth-order valence-corrected chi connectivity index (χ4v) is 3.11. The Balaban J connectivity index is 2.20. The Morgan fingerprint density at radius 2 is 2.04 bits per heavy atom. The number of alkyl halides is 3. The smallest absolute Gasteiger partial charge is 0.416 e. The molecule has 0 radical (unpaired) electrons. The predicted molar refractivity (Wildman–Crippen MR) is 95.1 cm³/mol. The van der Waals surface area contributed by atoms with Gasteiger partial charge in [-0.25, -0.2) is 9.97 Å². The lowest BCUT2D eigenvalue weighted by Crippen LogP contribution is -2.15. The molecule has 0 bridgehead atoms. The number of anilines is 1. The minimum absolute atomic E-state index is 0.0572. The van der Waals surface area contributed by atoms with Crippen LogP contribution in [0.2, 0.25) is 0 Å². The minimum atomic E-state index is -4.50. The van der Waals surface area contributed by atoms with Crippen molar-refractivity contribution in [3.05, 3.63) is 29.6 Å². The molecule has 27 heavy (non-hydrogen) atoms. The highest BCUT2D eigenvalue weighted by atomic mass is 19.4. The topological polar surface area (TPSA) is 83.0 Å². The molecule has 0 aliphatic carbocycles. The summed E-state index contributed by atoms with van der Waals surface area (Å²) in [5.74, 6) is -0.430. The van der Waals surface area contributed by atoms with Crippen molar-refractivity contribution >= 4 is 33.7 Å². The van der Waals surface area contributed by atoms with Gasteiger partial charge in [-0.05, 0) is 31.0 Å². The number of nitrogens with zero attached hydrogens (tertiary/aromatic N) is 3. The van der Waals surface area contributed by atoms with Crippen molar-refractivity contribution in [3.8, 4) is 0 Å². The highest BCUT2D eigenvalue weighted by Gasteiger charge is 2.32. The predicted octanol–water partition coefficient (Wildman–Crippen LogP) is 3.84. The van der Waals surface area contributed by atoms with E-state index in [1.807, 2.05) is 6.92 Å². The quantitative estimate of drug-likeness (QED) is 0.537. The van der Waals surface area contributed by atoms with Gasteiger partial charge in [0.1, 0.15) is 24.3 Å². The van der Waals surface area contributed by atoms with E-state index in [2.05, 4.69) is 9.97 Å². The van der Waals surface area contributed by atoms with Crippen molar-refractivity contribution in [1.29, 1.82) is 0 Å². The molecule has 2 aromatic heterocycles. The number of hydrogen-bond acceptors (Lipinski definition) is 5. The second-order valence-electron chi connectivity index (χ2n) is 6.30. The van der Waals surface area contributed by atoms with Crippen molar-refractivity contribution < 1.29 is 22.7 Å². The SMILES string of the molecule is CCCCOC(=O)Cn1c2ncnc(N)c2c2cc(C(F)(F)F)cc(C)c21. The van der Waals surface area contributed by atoms with Gasteiger partial charge in [-0.15, -0.1) is 0 Å². The number of unbranched alkanes of at least 4 members (excludes halogenated alkanes) is 1. The second kappa shape index (κ2) is 7.05. The Morgan fingerprint density at radius 1 is 1.30 bits per heavy atom. The van der Waals surface area contributed by atoms with Gasteiger partial charge >= 0.3 is 12.1 Å². The van der Waals surface area contributed by atoms with Crippen LogP contribution in [0.4, 0.5) is 19.0 Å². The lowest BCUT2D eigenvalue weighted by molar-refractivity contribution is -0.144. The van der Waals surface area contributed by atoms with Crippen LogP contribution < -0.4 is 5.73 Å². The fraction of sp³-hybridized carbons (Fsp3) is 0.389. The van der Waals surface area contributed by atoms with Gasteiger partial charge < -0.3 is 15.0 Å². The molecule has 0 saturated heterocycles. The first-order valence-corrected chi connectivity index (χ1v) is 8.49. The van der Waals surface area contributed by atoms with Crippen LogP contribution in [0.1, 0.15) is 30.9 Å². The number of rotatable bonds is 5. The van der Waals surface area contributed by atoms with E-state index in [1.165, 1.54) is 10.9 Å². The van der Waals surface area contributed by atoms with Crippen LogP contribution in [0.15, 0.2) is 18.5 Å². The van der Waals surface area contributed by atoms with E-state index >= 15 is 0 Å². The maximum atomic E-state index is 13.2. The molecule has 0 atom stereocenters. The van der Waals surface area contributed by atoms with E-state index < -0.39 is 17.7 Å². The summed E-state index contributed by atoms with van der Waals surface area (Å²) in [6.45, 7) is 3.65. The molecule has 2 N–H and O–H groups in total. The highest BCUT2D eigenvalue weighted by Crippen LogP contribution is 2.38. The van der Waals surface area contributed by atoms with Crippen molar-refractivity contribution in [2.45, 2.75) is 39.4 Å². The van der Waals surface area contributed by atoms with Gasteiger partial charge in [0.15, 0.2) is 0 Å². The molecule has 1 aromatic carbocycles. The molecule has 0 amide bonds.